The van der Waals surface area contributed by atoms with Crippen molar-refractivity contribution in [2.24, 2.45) is 4.99 Å². The molecule has 38 heavy (non-hydrogen) atoms. The van der Waals surface area contributed by atoms with Crippen LogP contribution in [0, 0.1) is 5.82 Å². The van der Waals surface area contributed by atoms with Gasteiger partial charge in [0.05, 0.1) is 29.1 Å². The van der Waals surface area contributed by atoms with E-state index in [2.05, 4.69) is 20.3 Å². The first-order chi connectivity index (χ1) is 17.6. The molecule has 1 aromatic heterocycles. The summed E-state index contributed by atoms with van der Waals surface area (Å²) < 4.78 is 54.9. The number of carboxylic acids is 1. The van der Waals surface area contributed by atoms with Crippen LogP contribution >= 0.6 is 11.6 Å². The van der Waals surface area contributed by atoms with Crippen LogP contribution in [0.4, 0.5) is 29.2 Å². The van der Waals surface area contributed by atoms with E-state index >= 15 is 0 Å². The number of aromatic nitrogens is 2. The molecule has 0 unspecified atom stereocenters. The van der Waals surface area contributed by atoms with Gasteiger partial charge in [0, 0.05) is 39.2 Å². The van der Waals surface area contributed by atoms with Crippen LogP contribution in [0.2, 0.25) is 5.02 Å². The van der Waals surface area contributed by atoms with Crippen molar-refractivity contribution in [3.8, 4) is 11.3 Å². The standard InChI is InChI=1S/C26H15ClF4N4O2.CH4/c27-14-5-7-16-19(9-14)23(18-3-1-2-4-21(18)28)32-11-13-12-33-25(35-22(13)16)34-15-6-8-17(24(36)37)20(10-15)26(29,30)31;/h1-10,12H,11H2,(H,36,37)(H,33,34,35);1H4. The number of aromatic carboxylic acids is 1. The molecule has 0 spiro atoms. The molecule has 1 aliphatic rings. The maximum Gasteiger partial charge on any atom is 0.417 e. The van der Waals surface area contributed by atoms with Crippen LogP contribution < -0.4 is 5.32 Å². The molecule has 3 aromatic carbocycles. The van der Waals surface area contributed by atoms with Crippen molar-refractivity contribution < 1.29 is 27.5 Å². The number of anilines is 2. The van der Waals surface area contributed by atoms with E-state index in [1.807, 2.05) is 0 Å². The van der Waals surface area contributed by atoms with E-state index in [4.69, 9.17) is 16.7 Å². The molecule has 4 aromatic rings. The van der Waals surface area contributed by atoms with Gasteiger partial charge in [0.25, 0.3) is 0 Å². The van der Waals surface area contributed by atoms with Crippen LogP contribution in [0.5, 0.6) is 0 Å². The van der Waals surface area contributed by atoms with Gasteiger partial charge in [-0.25, -0.2) is 19.2 Å². The Morgan fingerprint density at radius 2 is 1.76 bits per heavy atom. The monoisotopic (exact) mass is 542 g/mol. The maximum atomic E-state index is 14.7. The molecule has 0 bridgehead atoms. The molecule has 0 amide bonds. The van der Waals surface area contributed by atoms with E-state index in [1.54, 1.807) is 36.4 Å². The zero-order valence-electron chi connectivity index (χ0n) is 18.6. The lowest BCUT2D eigenvalue weighted by atomic mass is 9.95. The normalized spacial score (nSPS) is 12.4. The molecule has 0 saturated carbocycles. The summed E-state index contributed by atoms with van der Waals surface area (Å²) in [5.74, 6) is -2.18. The van der Waals surface area contributed by atoms with Gasteiger partial charge < -0.3 is 10.4 Å². The van der Waals surface area contributed by atoms with Gasteiger partial charge in [0.2, 0.25) is 5.95 Å². The summed E-state index contributed by atoms with van der Waals surface area (Å²) in [5.41, 5.74) is 0.603. The number of halogens is 5. The quantitative estimate of drug-likeness (QED) is 0.263. The molecule has 5 rings (SSSR count). The van der Waals surface area contributed by atoms with Crippen molar-refractivity contribution in [1.82, 2.24) is 9.97 Å². The lowest BCUT2D eigenvalue weighted by Gasteiger charge is -2.14. The van der Waals surface area contributed by atoms with Crippen LogP contribution in [0.3, 0.4) is 0 Å². The van der Waals surface area contributed by atoms with Crippen LogP contribution in [0.15, 0.2) is 71.9 Å². The SMILES string of the molecule is C.O=C(O)c1ccc(Nc2ncc3c(n2)-c2ccc(Cl)cc2C(c2ccccc2F)=NC3)cc1C(F)(F)F. The van der Waals surface area contributed by atoms with Gasteiger partial charge in [-0.15, -0.1) is 0 Å². The highest BCUT2D eigenvalue weighted by atomic mass is 35.5. The molecule has 0 radical (unpaired) electrons. The van der Waals surface area contributed by atoms with Crippen molar-refractivity contribution >= 4 is 34.9 Å². The summed E-state index contributed by atoms with van der Waals surface area (Å²) >= 11 is 6.25. The van der Waals surface area contributed by atoms with Crippen molar-refractivity contribution in [2.45, 2.75) is 20.1 Å². The van der Waals surface area contributed by atoms with Crippen LogP contribution in [0.25, 0.3) is 11.3 Å². The van der Waals surface area contributed by atoms with E-state index in [-0.39, 0.29) is 31.2 Å². The van der Waals surface area contributed by atoms with Crippen LogP contribution in [-0.2, 0) is 12.7 Å². The van der Waals surface area contributed by atoms with E-state index in [9.17, 15) is 22.4 Å². The van der Waals surface area contributed by atoms with Gasteiger partial charge in [-0.05, 0) is 42.5 Å². The third-order valence-corrected chi connectivity index (χ3v) is 5.94. The minimum Gasteiger partial charge on any atom is -0.478 e. The summed E-state index contributed by atoms with van der Waals surface area (Å²) in [5, 5.41) is 12.2. The van der Waals surface area contributed by atoms with Crippen molar-refractivity contribution in [2.75, 3.05) is 5.32 Å². The molecule has 2 N–H and O–H groups in total. The molecule has 1 aliphatic heterocycles. The topological polar surface area (TPSA) is 87.5 Å². The zero-order chi connectivity index (χ0) is 26.3. The number of hydrogen-bond donors (Lipinski definition) is 2. The van der Waals surface area contributed by atoms with Gasteiger partial charge in [-0.2, -0.15) is 13.2 Å². The average molecular weight is 543 g/mol. The molecule has 0 fully saturated rings. The highest BCUT2D eigenvalue weighted by Crippen LogP contribution is 2.36. The second-order valence-electron chi connectivity index (χ2n) is 8.09. The fourth-order valence-electron chi connectivity index (χ4n) is 4.04. The number of fused-ring (bicyclic) bond motifs is 3. The molecule has 2 heterocycles. The second-order valence-corrected chi connectivity index (χ2v) is 8.53. The Morgan fingerprint density at radius 1 is 1.00 bits per heavy atom. The molecule has 0 saturated heterocycles. The Hall–Kier alpha value is -4.31. The lowest BCUT2D eigenvalue weighted by molar-refractivity contribution is -0.138. The predicted octanol–water partition coefficient (Wildman–Crippen LogP) is 7.38. The minimum absolute atomic E-state index is 0. The Balaban J connectivity index is 0.00000336. The maximum absolute atomic E-state index is 14.7. The first-order valence-corrected chi connectivity index (χ1v) is 11.2. The highest BCUT2D eigenvalue weighted by Gasteiger charge is 2.35. The fraction of sp³-hybridized carbons (Fsp3) is 0.111. The predicted molar refractivity (Wildman–Crippen MR) is 137 cm³/mol. The number of carboxylic acid groups (broad SMARTS) is 1. The number of nitrogens with zero attached hydrogens (tertiary/aromatic N) is 3. The molecule has 0 atom stereocenters. The smallest absolute Gasteiger partial charge is 0.417 e. The Kier molecular flexibility index (Phi) is 7.19. The minimum atomic E-state index is -4.88. The Labute approximate surface area is 219 Å². The molecular formula is C27H19ClF4N4O2. The fourth-order valence-corrected chi connectivity index (χ4v) is 4.21. The molecule has 6 nitrogen and oxygen atoms in total. The molecule has 11 heteroatoms. The van der Waals surface area contributed by atoms with E-state index < -0.39 is 29.1 Å². The number of rotatable bonds is 4. The number of benzene rings is 3. The first kappa shape index (κ1) is 26.7. The molecule has 194 valence electrons. The van der Waals surface area contributed by atoms with Crippen molar-refractivity contribution in [3.63, 3.8) is 0 Å². The average Bonchev–Trinajstić information content (AvgIpc) is 3.00. The third-order valence-electron chi connectivity index (χ3n) is 5.70. The summed E-state index contributed by atoms with van der Waals surface area (Å²) in [4.78, 5) is 24.5. The number of alkyl halides is 3. The Bertz CT molecular complexity index is 1590. The Morgan fingerprint density at radius 3 is 2.47 bits per heavy atom. The largest absolute Gasteiger partial charge is 0.478 e. The summed E-state index contributed by atoms with van der Waals surface area (Å²) in [6, 6.07) is 13.9. The van der Waals surface area contributed by atoms with E-state index in [0.717, 1.165) is 6.07 Å². The number of nitrogens with one attached hydrogen (secondary N) is 1. The van der Waals surface area contributed by atoms with Crippen molar-refractivity contribution in [1.29, 1.82) is 0 Å². The number of hydrogen-bond acceptors (Lipinski definition) is 5. The van der Waals surface area contributed by atoms with E-state index in [0.29, 0.717) is 39.2 Å². The summed E-state index contributed by atoms with van der Waals surface area (Å²) in [7, 11) is 0. The van der Waals surface area contributed by atoms with Gasteiger partial charge >= 0.3 is 12.1 Å². The number of carbonyl (C=O) groups is 1. The third kappa shape index (κ3) is 5.08. The van der Waals surface area contributed by atoms with E-state index in [1.165, 1.54) is 18.3 Å². The first-order valence-electron chi connectivity index (χ1n) is 10.8. The highest BCUT2D eigenvalue weighted by molar-refractivity contribution is 6.31. The number of aliphatic imine (C=N–C) groups is 1. The molecule has 0 aliphatic carbocycles. The van der Waals surface area contributed by atoms with Gasteiger partial charge in [0.1, 0.15) is 5.82 Å². The van der Waals surface area contributed by atoms with Gasteiger partial charge in [-0.3, -0.25) is 4.99 Å². The molecular weight excluding hydrogens is 524 g/mol. The van der Waals surface area contributed by atoms with Gasteiger partial charge in [-0.1, -0.05) is 37.2 Å². The van der Waals surface area contributed by atoms with Crippen LogP contribution in [0.1, 0.15) is 40.0 Å². The van der Waals surface area contributed by atoms with Crippen molar-refractivity contribution in [3.05, 3.63) is 106 Å². The lowest BCUT2D eigenvalue weighted by Crippen LogP contribution is -2.13. The van der Waals surface area contributed by atoms with Crippen LogP contribution in [-0.4, -0.2) is 26.8 Å². The second kappa shape index (κ2) is 10.2. The zero-order valence-corrected chi connectivity index (χ0v) is 19.4. The summed E-state index contributed by atoms with van der Waals surface area (Å²) in [6.45, 7) is 0.122. The summed E-state index contributed by atoms with van der Waals surface area (Å²) in [6.07, 6.45) is -3.40. The van der Waals surface area contributed by atoms with Gasteiger partial charge in [0.15, 0.2) is 0 Å².